The normalized spacial score (nSPS) is 11.7. The number of aromatic amines is 2. The van der Waals surface area contributed by atoms with Gasteiger partial charge in [0.25, 0.3) is 11.1 Å². The summed E-state index contributed by atoms with van der Waals surface area (Å²) in [5.41, 5.74) is 5.21. The zero-order chi connectivity index (χ0) is 27.7. The van der Waals surface area contributed by atoms with Crippen LogP contribution in [0.15, 0.2) is 86.3 Å². The molecule has 5 rings (SSSR count). The molecule has 0 atom stereocenters. The first kappa shape index (κ1) is 26.2. The Labute approximate surface area is 233 Å². The minimum Gasteiger partial charge on any atom is -0.295 e. The lowest BCUT2D eigenvalue weighted by Crippen LogP contribution is -2.17. The van der Waals surface area contributed by atoms with Gasteiger partial charge in [0, 0.05) is 33.9 Å². The molecular weight excluding hydrogens is 535 g/mol. The third-order valence-electron chi connectivity index (χ3n) is 6.24. The predicted molar refractivity (Wildman–Crippen MR) is 158 cm³/mol. The molecule has 2 heterocycles. The van der Waals surface area contributed by atoms with Crippen molar-refractivity contribution in [1.29, 1.82) is 0 Å². The van der Waals surface area contributed by atoms with Gasteiger partial charge in [-0.15, -0.1) is 0 Å². The van der Waals surface area contributed by atoms with Crippen molar-refractivity contribution in [3.63, 3.8) is 0 Å². The Morgan fingerprint density at radius 1 is 0.692 bits per heavy atom. The van der Waals surface area contributed by atoms with Crippen LogP contribution in [0.4, 0.5) is 11.4 Å². The third-order valence-corrected chi connectivity index (χ3v) is 6.71. The van der Waals surface area contributed by atoms with Gasteiger partial charge in [-0.3, -0.25) is 29.8 Å². The van der Waals surface area contributed by atoms with Crippen LogP contribution in [-0.4, -0.2) is 32.0 Å². The molecule has 0 fully saturated rings. The van der Waals surface area contributed by atoms with E-state index in [0.29, 0.717) is 55.3 Å². The van der Waals surface area contributed by atoms with E-state index in [1.165, 1.54) is 15.6 Å². The van der Waals surface area contributed by atoms with Crippen LogP contribution in [-0.2, 0) is 0 Å². The van der Waals surface area contributed by atoms with E-state index >= 15 is 0 Å². The zero-order valence-corrected chi connectivity index (χ0v) is 22.9. The summed E-state index contributed by atoms with van der Waals surface area (Å²) in [6.45, 7) is 5.55. The van der Waals surface area contributed by atoms with Crippen molar-refractivity contribution in [2.75, 3.05) is 0 Å². The fourth-order valence-electron chi connectivity index (χ4n) is 4.11. The average Bonchev–Trinajstić information content (AvgIpc) is 3.36. The smallest absolute Gasteiger partial charge is 0.280 e. The highest BCUT2D eigenvalue weighted by Gasteiger charge is 2.13. The van der Waals surface area contributed by atoms with E-state index in [2.05, 4.69) is 20.2 Å². The van der Waals surface area contributed by atoms with Gasteiger partial charge in [0.05, 0.1) is 33.9 Å². The Bertz CT molecular complexity index is 1870. The molecule has 0 aliphatic rings. The van der Waals surface area contributed by atoms with E-state index in [1.807, 2.05) is 32.9 Å². The number of rotatable bonds is 6. The van der Waals surface area contributed by atoms with Crippen molar-refractivity contribution in [1.82, 2.24) is 19.6 Å². The van der Waals surface area contributed by atoms with Gasteiger partial charge < -0.3 is 0 Å². The molecule has 196 valence electrons. The number of H-pyrrole nitrogens is 2. The SMILES string of the molecule is Cc1ccc(N=Cc2c(C)[nH]n(-c3cccc(Cl)c3)c2=O)cc1N=Cc1c(C)[nH]n(-c2cccc(Cl)c2)c1=O. The first-order valence-electron chi connectivity index (χ1n) is 12.0. The maximum atomic E-state index is 13.1. The first-order valence-corrected chi connectivity index (χ1v) is 12.8. The lowest BCUT2D eigenvalue weighted by Gasteiger charge is -2.02. The van der Waals surface area contributed by atoms with Gasteiger partial charge in [0.2, 0.25) is 0 Å². The number of aromatic nitrogens is 4. The fourth-order valence-corrected chi connectivity index (χ4v) is 4.48. The summed E-state index contributed by atoms with van der Waals surface area (Å²) in [4.78, 5) is 35.2. The molecule has 0 saturated carbocycles. The molecule has 39 heavy (non-hydrogen) atoms. The highest BCUT2D eigenvalue weighted by molar-refractivity contribution is 6.31. The molecule has 3 aromatic carbocycles. The van der Waals surface area contributed by atoms with Crippen LogP contribution in [0.1, 0.15) is 28.1 Å². The minimum atomic E-state index is -0.234. The van der Waals surface area contributed by atoms with Crippen molar-refractivity contribution in [3.05, 3.63) is 126 Å². The van der Waals surface area contributed by atoms with Crippen LogP contribution in [0.2, 0.25) is 10.0 Å². The molecule has 0 unspecified atom stereocenters. The number of hydrogen-bond acceptors (Lipinski definition) is 4. The number of benzene rings is 3. The molecule has 0 amide bonds. The maximum Gasteiger partial charge on any atom is 0.280 e. The van der Waals surface area contributed by atoms with Gasteiger partial charge in [-0.05, 0) is 74.9 Å². The van der Waals surface area contributed by atoms with E-state index in [-0.39, 0.29) is 11.1 Å². The van der Waals surface area contributed by atoms with E-state index in [4.69, 9.17) is 23.2 Å². The molecule has 5 aromatic rings. The van der Waals surface area contributed by atoms with Crippen LogP contribution in [0.3, 0.4) is 0 Å². The number of aliphatic imine (C=N–C) groups is 2. The number of aryl methyl sites for hydroxylation is 3. The van der Waals surface area contributed by atoms with E-state index in [0.717, 1.165) is 5.56 Å². The maximum absolute atomic E-state index is 13.1. The van der Waals surface area contributed by atoms with Crippen molar-refractivity contribution in [3.8, 4) is 11.4 Å². The standard InChI is InChI=1S/C29H24Cl2N6O2/c1-17-10-11-22(32-15-25-18(2)34-36(28(25)38)23-8-4-6-20(30)12-23)14-27(17)33-16-26-19(3)35-37(29(26)39)24-9-5-7-21(31)13-24/h4-16,34-35H,1-3H3. The molecule has 0 bridgehead atoms. The van der Waals surface area contributed by atoms with Crippen molar-refractivity contribution < 1.29 is 0 Å². The monoisotopic (exact) mass is 558 g/mol. The second-order valence-corrected chi connectivity index (χ2v) is 9.90. The van der Waals surface area contributed by atoms with Gasteiger partial charge in [-0.1, -0.05) is 41.4 Å². The van der Waals surface area contributed by atoms with Crippen LogP contribution in [0.25, 0.3) is 11.4 Å². The van der Waals surface area contributed by atoms with E-state index in [1.54, 1.807) is 60.8 Å². The summed E-state index contributed by atoms with van der Waals surface area (Å²) >= 11 is 12.2. The molecular formula is C29H24Cl2N6O2. The van der Waals surface area contributed by atoms with Gasteiger partial charge in [-0.2, -0.15) is 0 Å². The number of nitrogens with zero attached hydrogens (tertiary/aromatic N) is 4. The highest BCUT2D eigenvalue weighted by atomic mass is 35.5. The molecule has 2 N–H and O–H groups in total. The van der Waals surface area contributed by atoms with Crippen molar-refractivity contribution in [2.24, 2.45) is 9.98 Å². The third kappa shape index (κ3) is 5.43. The lowest BCUT2D eigenvalue weighted by molar-refractivity contribution is 0.835. The Morgan fingerprint density at radius 3 is 1.72 bits per heavy atom. The number of hydrogen-bond donors (Lipinski definition) is 2. The van der Waals surface area contributed by atoms with Gasteiger partial charge >= 0.3 is 0 Å². The fraction of sp³-hybridized carbons (Fsp3) is 0.103. The Morgan fingerprint density at radius 2 is 1.21 bits per heavy atom. The van der Waals surface area contributed by atoms with Crippen molar-refractivity contribution >= 4 is 47.0 Å². The van der Waals surface area contributed by atoms with E-state index in [9.17, 15) is 9.59 Å². The van der Waals surface area contributed by atoms with Crippen molar-refractivity contribution in [2.45, 2.75) is 20.8 Å². The highest BCUT2D eigenvalue weighted by Crippen LogP contribution is 2.25. The van der Waals surface area contributed by atoms with Gasteiger partial charge in [0.1, 0.15) is 0 Å². The molecule has 0 radical (unpaired) electrons. The van der Waals surface area contributed by atoms with E-state index < -0.39 is 0 Å². The van der Waals surface area contributed by atoms with Crippen LogP contribution < -0.4 is 11.1 Å². The van der Waals surface area contributed by atoms with Crippen LogP contribution in [0, 0.1) is 20.8 Å². The number of nitrogens with one attached hydrogen (secondary N) is 2. The molecule has 2 aromatic heterocycles. The second kappa shape index (κ2) is 10.8. The largest absolute Gasteiger partial charge is 0.295 e. The Balaban J connectivity index is 1.43. The molecule has 0 spiro atoms. The molecule has 10 heteroatoms. The minimum absolute atomic E-state index is 0.232. The molecule has 0 aliphatic carbocycles. The van der Waals surface area contributed by atoms with Gasteiger partial charge in [-0.25, -0.2) is 9.36 Å². The van der Waals surface area contributed by atoms with Crippen LogP contribution >= 0.6 is 23.2 Å². The predicted octanol–water partition coefficient (Wildman–Crippen LogP) is 6.38. The lowest BCUT2D eigenvalue weighted by atomic mass is 10.2. The Kier molecular flexibility index (Phi) is 7.24. The number of halogens is 2. The second-order valence-electron chi connectivity index (χ2n) is 9.03. The van der Waals surface area contributed by atoms with Gasteiger partial charge in [0.15, 0.2) is 0 Å². The summed E-state index contributed by atoms with van der Waals surface area (Å²) in [7, 11) is 0. The summed E-state index contributed by atoms with van der Waals surface area (Å²) in [6, 6.07) is 19.6. The van der Waals surface area contributed by atoms with Crippen LogP contribution in [0.5, 0.6) is 0 Å². The first-order chi connectivity index (χ1) is 18.7. The summed E-state index contributed by atoms with van der Waals surface area (Å²) < 4.78 is 2.87. The topological polar surface area (TPSA) is 100 Å². The molecule has 8 nitrogen and oxygen atoms in total. The summed E-state index contributed by atoms with van der Waals surface area (Å²) in [5.74, 6) is 0. The average molecular weight is 559 g/mol. The molecule has 0 saturated heterocycles. The quantitative estimate of drug-likeness (QED) is 0.236. The zero-order valence-electron chi connectivity index (χ0n) is 21.4. The summed E-state index contributed by atoms with van der Waals surface area (Å²) in [6.07, 6.45) is 3.08. The summed E-state index contributed by atoms with van der Waals surface area (Å²) in [5, 5.41) is 7.21. The Hall–Kier alpha value is -4.40. The molecule has 0 aliphatic heterocycles.